The third kappa shape index (κ3) is 14.1. The lowest BCUT2D eigenvalue weighted by molar-refractivity contribution is -0.384. The summed E-state index contributed by atoms with van der Waals surface area (Å²) in [5, 5.41) is 59.8. The Bertz CT molecular complexity index is 1900. The van der Waals surface area contributed by atoms with Gasteiger partial charge >= 0.3 is 5.97 Å². The normalized spacial score (nSPS) is 33.5. The molecule has 0 radical (unpaired) electrons. The second-order valence-corrected chi connectivity index (χ2v) is 19.2. The highest BCUT2D eigenvalue weighted by Crippen LogP contribution is 2.39. The Morgan fingerprint density at radius 3 is 2.32 bits per heavy atom. The van der Waals surface area contributed by atoms with E-state index in [4.69, 9.17) is 23.8 Å². The number of benzene rings is 1. The van der Waals surface area contributed by atoms with Gasteiger partial charge in [0.1, 0.15) is 30.3 Å². The van der Waals surface area contributed by atoms with Gasteiger partial charge in [-0.15, -0.1) is 5.10 Å². The number of unbranched alkanes of at least 4 members (excludes halogenated alkanes) is 1. The van der Waals surface area contributed by atoms with E-state index in [2.05, 4.69) is 15.5 Å². The molecule has 0 aliphatic carbocycles. The molecule has 3 heterocycles. The SMILES string of the molecule is CC[C@H]1OC(=O)[C@H](C)C(=O)[C@H](C)[C@@H](O[C@@H]2O[C@H](C)C[C@H](N(C)CCc3cn(CCCCc4ccc([N+](=O)[O-])cc4)nn3)[C@H]2O)[C@](C)(OC)C[C@@H](C)/C(=N\OCCN(C)C)[C@H](C)[C@@H](O)[C@]1(C)O. The molecule has 66 heavy (non-hydrogen) atoms. The predicted octanol–water partition coefficient (Wildman–Crippen LogP) is 4.22. The van der Waals surface area contributed by atoms with E-state index in [1.807, 2.05) is 55.7 Å². The lowest BCUT2D eigenvalue weighted by Gasteiger charge is -2.47. The van der Waals surface area contributed by atoms with Crippen LogP contribution in [0.5, 0.6) is 0 Å². The zero-order valence-electron chi connectivity index (χ0n) is 41.2. The second kappa shape index (κ2) is 24.4. The van der Waals surface area contributed by atoms with Crippen molar-refractivity contribution in [1.82, 2.24) is 24.8 Å². The van der Waals surface area contributed by atoms with Crippen molar-refractivity contribution in [2.45, 2.75) is 161 Å². The van der Waals surface area contributed by atoms with E-state index in [1.165, 1.54) is 33.1 Å². The summed E-state index contributed by atoms with van der Waals surface area (Å²) >= 11 is 0. The van der Waals surface area contributed by atoms with Crippen molar-refractivity contribution in [3.63, 3.8) is 0 Å². The number of Topliss-reactive ketones (excluding diaryl/α,β-unsaturated/α-hetero) is 1. The molecule has 0 unspecified atom stereocenters. The number of methoxy groups -OCH3 is 1. The van der Waals surface area contributed by atoms with Gasteiger partial charge in [-0.2, -0.15) is 0 Å². The predicted molar refractivity (Wildman–Crippen MR) is 246 cm³/mol. The zero-order valence-corrected chi connectivity index (χ0v) is 41.2. The number of hydrogen-bond donors (Lipinski definition) is 3. The van der Waals surface area contributed by atoms with E-state index in [0.29, 0.717) is 38.2 Å². The van der Waals surface area contributed by atoms with Gasteiger partial charge in [0.25, 0.3) is 5.69 Å². The number of non-ortho nitro benzene ring substituents is 1. The van der Waals surface area contributed by atoms with E-state index in [1.54, 1.807) is 39.8 Å². The number of hydrogen-bond acceptors (Lipinski definition) is 17. The molecule has 19 heteroatoms. The summed E-state index contributed by atoms with van der Waals surface area (Å²) in [5.41, 5.74) is -0.847. The summed E-state index contributed by atoms with van der Waals surface area (Å²) in [6.45, 7) is 15.7. The summed E-state index contributed by atoms with van der Waals surface area (Å²) in [5.74, 6) is -4.86. The minimum Gasteiger partial charge on any atom is -0.459 e. The molecule has 2 fully saturated rings. The van der Waals surface area contributed by atoms with Crippen molar-refractivity contribution in [1.29, 1.82) is 0 Å². The number of nitrogens with zero attached hydrogens (tertiary/aromatic N) is 7. The van der Waals surface area contributed by atoms with Crippen molar-refractivity contribution >= 4 is 23.2 Å². The van der Waals surface area contributed by atoms with Gasteiger partial charge < -0.3 is 48.9 Å². The summed E-state index contributed by atoms with van der Waals surface area (Å²) in [6, 6.07) is 6.21. The first kappa shape index (κ1) is 54.7. The lowest BCUT2D eigenvalue weighted by atomic mass is 9.74. The van der Waals surface area contributed by atoms with Gasteiger partial charge in [-0.3, -0.25) is 24.4 Å². The Morgan fingerprint density at radius 2 is 1.70 bits per heavy atom. The maximum Gasteiger partial charge on any atom is 0.316 e. The molecule has 2 aliphatic rings. The number of cyclic esters (lactones) is 1. The Balaban J connectivity index is 1.54. The van der Waals surface area contributed by atoms with Crippen molar-refractivity contribution in [3.05, 3.63) is 51.8 Å². The molecule has 2 aromatic rings. The number of aromatic nitrogens is 3. The number of ether oxygens (including phenoxy) is 4. The van der Waals surface area contributed by atoms with E-state index in [-0.39, 0.29) is 31.2 Å². The smallest absolute Gasteiger partial charge is 0.316 e. The lowest BCUT2D eigenvalue weighted by Crippen LogP contribution is -2.60. The van der Waals surface area contributed by atoms with Crippen LogP contribution in [0.3, 0.4) is 0 Å². The topological polar surface area (TPSA) is 234 Å². The molecule has 372 valence electrons. The average molecular weight is 932 g/mol. The number of oxime groups is 1. The third-order valence-electron chi connectivity index (χ3n) is 13.6. The first-order valence-electron chi connectivity index (χ1n) is 23.4. The molecule has 13 atom stereocenters. The molecule has 0 bridgehead atoms. The second-order valence-electron chi connectivity index (χ2n) is 19.2. The highest BCUT2D eigenvalue weighted by Gasteiger charge is 2.52. The van der Waals surface area contributed by atoms with Crippen molar-refractivity contribution in [2.75, 3.05) is 47.9 Å². The maximum absolute atomic E-state index is 14.4. The number of aliphatic hydroxyl groups excluding tert-OH is 2. The minimum absolute atomic E-state index is 0.0765. The average Bonchev–Trinajstić information content (AvgIpc) is 3.74. The number of nitro groups is 1. The first-order chi connectivity index (χ1) is 31.0. The Labute approximate surface area is 390 Å². The third-order valence-corrected chi connectivity index (χ3v) is 13.6. The van der Waals surface area contributed by atoms with Crippen LogP contribution >= 0.6 is 0 Å². The van der Waals surface area contributed by atoms with Crippen LogP contribution < -0.4 is 0 Å². The van der Waals surface area contributed by atoms with Crippen molar-refractivity contribution in [3.8, 4) is 0 Å². The summed E-state index contributed by atoms with van der Waals surface area (Å²) in [6.07, 6.45) is -0.502. The molecule has 19 nitrogen and oxygen atoms in total. The fourth-order valence-electron chi connectivity index (χ4n) is 9.29. The van der Waals surface area contributed by atoms with Crippen LogP contribution in [0, 0.1) is 33.8 Å². The van der Waals surface area contributed by atoms with E-state index >= 15 is 0 Å². The molecule has 1 aromatic carbocycles. The highest BCUT2D eigenvalue weighted by molar-refractivity contribution is 6.00. The van der Waals surface area contributed by atoms with Gasteiger partial charge in [-0.1, -0.05) is 50.2 Å². The van der Waals surface area contributed by atoms with E-state index in [0.717, 1.165) is 30.5 Å². The molecule has 4 rings (SSSR count). The molecule has 2 saturated heterocycles. The fraction of sp³-hybridized carbons (Fsp3) is 0.766. The number of aliphatic hydroxyl groups is 3. The molecule has 0 spiro atoms. The minimum atomic E-state index is -1.92. The Morgan fingerprint density at radius 1 is 1.02 bits per heavy atom. The zero-order chi connectivity index (χ0) is 49.1. The van der Waals surface area contributed by atoms with Gasteiger partial charge in [0, 0.05) is 75.3 Å². The first-order valence-corrected chi connectivity index (χ1v) is 23.4. The fourth-order valence-corrected chi connectivity index (χ4v) is 9.29. The maximum atomic E-state index is 14.4. The summed E-state index contributed by atoms with van der Waals surface area (Å²) < 4.78 is 27.0. The van der Waals surface area contributed by atoms with Gasteiger partial charge in [-0.25, -0.2) is 0 Å². The van der Waals surface area contributed by atoms with Crippen LogP contribution in [0.25, 0.3) is 0 Å². The quantitative estimate of drug-likeness (QED) is 0.0624. The number of carbonyl (C=O) groups is 2. The van der Waals surface area contributed by atoms with Gasteiger partial charge in [-0.05, 0) is 92.9 Å². The number of likely N-dealkylation sites (N-methyl/N-ethyl adjacent to an activating group) is 2. The van der Waals surface area contributed by atoms with E-state index < -0.39 is 88.3 Å². The van der Waals surface area contributed by atoms with Gasteiger partial charge in [0.2, 0.25) is 0 Å². The summed E-state index contributed by atoms with van der Waals surface area (Å²) in [7, 11) is 7.25. The molecule has 0 saturated carbocycles. The van der Waals surface area contributed by atoms with Crippen molar-refractivity contribution < 1.29 is 53.6 Å². The van der Waals surface area contributed by atoms with Crippen LogP contribution in [0.4, 0.5) is 5.69 Å². The van der Waals surface area contributed by atoms with Gasteiger partial charge in [0.05, 0.1) is 40.2 Å². The number of rotatable bonds is 18. The number of ketones is 1. The summed E-state index contributed by atoms with van der Waals surface area (Å²) in [4.78, 5) is 48.4. The number of carbonyl (C=O) groups excluding carboxylic acids is 2. The molecular weight excluding hydrogens is 855 g/mol. The largest absolute Gasteiger partial charge is 0.459 e. The van der Waals surface area contributed by atoms with Crippen LogP contribution in [0.1, 0.15) is 98.8 Å². The highest BCUT2D eigenvalue weighted by atomic mass is 16.7. The van der Waals surface area contributed by atoms with E-state index in [9.17, 15) is 35.0 Å². The number of esters is 1. The molecule has 2 aliphatic heterocycles. The number of aryl methyl sites for hydroxylation is 2. The molecule has 3 N–H and O–H groups in total. The van der Waals surface area contributed by atoms with Gasteiger partial charge in [0.15, 0.2) is 12.1 Å². The van der Waals surface area contributed by atoms with Crippen LogP contribution in [-0.4, -0.2) is 165 Å². The number of nitro benzene ring substituents is 1. The Hall–Kier alpha value is -3.95. The Kier molecular flexibility index (Phi) is 20.2. The standard InChI is InChI=1S/C47H77N7O12/c1-13-38-47(8,59)42(57)31(4)39(49-63-25-24-51(9)10)29(2)27-46(7,62-12)43(32(5)40(55)33(6)44(58)65-38)66-45-41(56)37(26-30(3)64-45)52(11)23-21-35-28-53(50-48-35)22-15-14-16-34-17-19-36(20-18-34)54(60)61/h17-20,28-33,37-38,41-43,45,56-57,59H,13-16,21-27H2,1-12H3/b49-39+/t29-,30-,31+,32+,33-,37+,38-,41-,42-,43-,45+,46-,47-/m1/s1. The molecule has 1 aromatic heterocycles. The van der Waals surface area contributed by atoms with Crippen molar-refractivity contribution in [2.24, 2.45) is 28.8 Å². The molecular formula is C47H77N7O12. The van der Waals surface area contributed by atoms with Crippen LogP contribution in [0.2, 0.25) is 0 Å². The van der Waals surface area contributed by atoms with Crippen LogP contribution in [0.15, 0.2) is 35.6 Å². The molecule has 0 amide bonds. The van der Waals surface area contributed by atoms with Crippen LogP contribution in [-0.2, 0) is 52.8 Å². The monoisotopic (exact) mass is 932 g/mol.